The number of rotatable bonds is 5. The van der Waals surface area contributed by atoms with Gasteiger partial charge in [0.25, 0.3) is 5.91 Å². The van der Waals surface area contributed by atoms with E-state index in [1.807, 2.05) is 0 Å². The molecule has 2 aromatic rings. The molecule has 1 aromatic carbocycles. The third-order valence-corrected chi connectivity index (χ3v) is 3.18. The number of imide groups is 1. The van der Waals surface area contributed by atoms with Crippen LogP contribution < -0.4 is 10.6 Å². The summed E-state index contributed by atoms with van der Waals surface area (Å²) in [5, 5.41) is 4.44. The first-order valence-electron chi connectivity index (χ1n) is 7.50. The summed E-state index contributed by atoms with van der Waals surface area (Å²) in [5.41, 5.74) is 0.564. The van der Waals surface area contributed by atoms with Gasteiger partial charge in [0.1, 0.15) is 5.82 Å². The van der Waals surface area contributed by atoms with Crippen molar-refractivity contribution in [3.8, 4) is 5.69 Å². The lowest BCUT2D eigenvalue weighted by atomic mass is 10.3. The monoisotopic (exact) mass is 348 g/mol. The van der Waals surface area contributed by atoms with E-state index >= 15 is 0 Å². The van der Waals surface area contributed by atoms with E-state index in [0.29, 0.717) is 12.2 Å². The Morgan fingerprint density at radius 2 is 1.96 bits per heavy atom. The third kappa shape index (κ3) is 4.63. The first kappa shape index (κ1) is 18.1. The number of nitrogens with one attached hydrogen (secondary N) is 2. The van der Waals surface area contributed by atoms with Gasteiger partial charge in [-0.3, -0.25) is 14.7 Å². The fraction of sp³-hybridized carbons (Fsp3) is 0.250. The third-order valence-electron chi connectivity index (χ3n) is 3.18. The Morgan fingerprint density at radius 1 is 1.28 bits per heavy atom. The van der Waals surface area contributed by atoms with E-state index in [-0.39, 0.29) is 5.69 Å². The first-order chi connectivity index (χ1) is 11.9. The Bertz CT molecular complexity index is 773. The zero-order chi connectivity index (χ0) is 18.4. The van der Waals surface area contributed by atoms with Crippen LogP contribution >= 0.6 is 0 Å². The highest BCUT2D eigenvalue weighted by atomic mass is 19.1. The van der Waals surface area contributed by atoms with Crippen LogP contribution in [0, 0.1) is 5.82 Å². The number of ether oxygens (including phenoxy) is 1. The molecule has 1 aromatic heterocycles. The van der Waals surface area contributed by atoms with Gasteiger partial charge in [-0.2, -0.15) is 0 Å². The van der Waals surface area contributed by atoms with Gasteiger partial charge in [0.05, 0.1) is 12.5 Å². The van der Waals surface area contributed by atoms with E-state index < -0.39 is 29.8 Å². The lowest BCUT2D eigenvalue weighted by Gasteiger charge is -2.14. The molecule has 0 saturated heterocycles. The van der Waals surface area contributed by atoms with Gasteiger partial charge in [-0.05, 0) is 38.1 Å². The average molecular weight is 348 g/mol. The van der Waals surface area contributed by atoms with Crippen molar-refractivity contribution >= 4 is 17.9 Å². The Hall–Kier alpha value is -3.23. The maximum atomic E-state index is 13.0. The number of carbonyl (C=O) groups is 3. The number of urea groups is 1. The molecule has 0 spiro atoms. The van der Waals surface area contributed by atoms with Crippen LogP contribution in [-0.2, 0) is 9.53 Å². The van der Waals surface area contributed by atoms with Crippen LogP contribution in [-0.4, -0.2) is 40.1 Å². The zero-order valence-electron chi connectivity index (χ0n) is 13.7. The molecular weight excluding hydrogens is 331 g/mol. The lowest BCUT2D eigenvalue weighted by Crippen LogP contribution is -2.44. The van der Waals surface area contributed by atoms with Crippen molar-refractivity contribution in [1.82, 2.24) is 20.2 Å². The van der Waals surface area contributed by atoms with Gasteiger partial charge in [-0.25, -0.2) is 19.0 Å². The number of imidazole rings is 1. The topological polar surface area (TPSA) is 102 Å². The fourth-order valence-corrected chi connectivity index (χ4v) is 1.95. The van der Waals surface area contributed by atoms with Gasteiger partial charge in [0.15, 0.2) is 11.8 Å². The van der Waals surface area contributed by atoms with Gasteiger partial charge in [0.2, 0.25) is 0 Å². The van der Waals surface area contributed by atoms with Crippen LogP contribution in [0.25, 0.3) is 5.69 Å². The molecule has 2 rings (SSSR count). The molecule has 25 heavy (non-hydrogen) atoms. The molecule has 0 bridgehead atoms. The number of hydrogen-bond donors (Lipinski definition) is 2. The molecule has 9 heteroatoms. The summed E-state index contributed by atoms with van der Waals surface area (Å²) < 4.78 is 19.5. The second kappa shape index (κ2) is 8.04. The minimum absolute atomic E-state index is 0.0595. The summed E-state index contributed by atoms with van der Waals surface area (Å²) >= 11 is 0. The Morgan fingerprint density at radius 3 is 2.60 bits per heavy atom. The van der Waals surface area contributed by atoms with Crippen LogP contribution in [0.4, 0.5) is 9.18 Å². The molecule has 2 N–H and O–H groups in total. The predicted molar refractivity (Wildman–Crippen MR) is 85.6 cm³/mol. The second-order valence-corrected chi connectivity index (χ2v) is 5.02. The number of amides is 3. The maximum absolute atomic E-state index is 13.0. The van der Waals surface area contributed by atoms with Crippen LogP contribution in [0.3, 0.4) is 0 Å². The van der Waals surface area contributed by atoms with Crippen LogP contribution in [0.2, 0.25) is 0 Å². The van der Waals surface area contributed by atoms with Crippen molar-refractivity contribution in [2.45, 2.75) is 20.0 Å². The van der Waals surface area contributed by atoms with E-state index in [4.69, 9.17) is 4.74 Å². The fourth-order valence-electron chi connectivity index (χ4n) is 1.95. The van der Waals surface area contributed by atoms with E-state index in [1.165, 1.54) is 48.3 Å². The molecule has 3 amide bonds. The molecule has 0 fully saturated rings. The Balaban J connectivity index is 2.06. The number of aromatic nitrogens is 2. The standard InChI is InChI=1S/C16H17FN4O4/c1-3-19-16(24)20-14(22)10(2)25-15(23)13-8-18-9-21(13)12-6-4-11(17)5-7-12/h4-10H,3H2,1-2H3,(H2,19,20,22,24). The van der Waals surface area contributed by atoms with Crippen molar-refractivity contribution in [2.24, 2.45) is 0 Å². The quantitative estimate of drug-likeness (QED) is 0.795. The first-order valence-corrected chi connectivity index (χ1v) is 7.50. The van der Waals surface area contributed by atoms with Crippen LogP contribution in [0.1, 0.15) is 24.3 Å². The number of esters is 1. The normalized spacial score (nSPS) is 11.5. The van der Waals surface area contributed by atoms with Gasteiger partial charge < -0.3 is 10.1 Å². The number of hydrogen-bond acceptors (Lipinski definition) is 5. The highest BCUT2D eigenvalue weighted by molar-refractivity contribution is 5.98. The Kier molecular flexibility index (Phi) is 5.83. The summed E-state index contributed by atoms with van der Waals surface area (Å²) in [5.74, 6) is -1.98. The van der Waals surface area contributed by atoms with Gasteiger partial charge in [-0.1, -0.05) is 0 Å². The Labute approximate surface area is 143 Å². The molecule has 0 aliphatic heterocycles. The van der Waals surface area contributed by atoms with E-state index in [2.05, 4.69) is 15.6 Å². The molecule has 1 atom stereocenters. The second-order valence-electron chi connectivity index (χ2n) is 5.02. The maximum Gasteiger partial charge on any atom is 0.357 e. The molecular formula is C16H17FN4O4. The molecule has 132 valence electrons. The SMILES string of the molecule is CCNC(=O)NC(=O)C(C)OC(=O)c1cncn1-c1ccc(F)cc1. The molecule has 0 aliphatic carbocycles. The molecule has 8 nitrogen and oxygen atoms in total. The van der Waals surface area contributed by atoms with E-state index in [1.54, 1.807) is 6.92 Å². The number of carbonyl (C=O) groups excluding carboxylic acids is 3. The number of nitrogens with zero attached hydrogens (tertiary/aromatic N) is 2. The molecule has 1 heterocycles. The molecule has 0 radical (unpaired) electrons. The summed E-state index contributed by atoms with van der Waals surface area (Å²) in [7, 11) is 0. The summed E-state index contributed by atoms with van der Waals surface area (Å²) in [6.07, 6.45) is 1.44. The van der Waals surface area contributed by atoms with Crippen molar-refractivity contribution in [3.63, 3.8) is 0 Å². The van der Waals surface area contributed by atoms with Crippen molar-refractivity contribution in [2.75, 3.05) is 6.54 Å². The van der Waals surface area contributed by atoms with Crippen LogP contribution in [0.5, 0.6) is 0 Å². The highest BCUT2D eigenvalue weighted by Gasteiger charge is 2.23. The van der Waals surface area contributed by atoms with Crippen LogP contribution in [0.15, 0.2) is 36.8 Å². The zero-order valence-corrected chi connectivity index (χ0v) is 13.7. The predicted octanol–water partition coefficient (Wildman–Crippen LogP) is 1.40. The molecule has 0 aliphatic rings. The number of benzene rings is 1. The molecule has 1 unspecified atom stereocenters. The largest absolute Gasteiger partial charge is 0.448 e. The molecule has 0 saturated carbocycles. The number of halogens is 1. The minimum atomic E-state index is -1.19. The minimum Gasteiger partial charge on any atom is -0.448 e. The summed E-state index contributed by atoms with van der Waals surface area (Å²) in [6, 6.07) is 4.75. The van der Waals surface area contributed by atoms with E-state index in [9.17, 15) is 18.8 Å². The van der Waals surface area contributed by atoms with Gasteiger partial charge in [-0.15, -0.1) is 0 Å². The highest BCUT2D eigenvalue weighted by Crippen LogP contribution is 2.13. The van der Waals surface area contributed by atoms with Crippen molar-refractivity contribution in [3.05, 3.63) is 48.3 Å². The average Bonchev–Trinajstić information content (AvgIpc) is 3.05. The summed E-state index contributed by atoms with van der Waals surface area (Å²) in [6.45, 7) is 3.39. The van der Waals surface area contributed by atoms with Crippen molar-refractivity contribution in [1.29, 1.82) is 0 Å². The van der Waals surface area contributed by atoms with Gasteiger partial charge in [0, 0.05) is 12.2 Å². The lowest BCUT2D eigenvalue weighted by molar-refractivity contribution is -0.127. The van der Waals surface area contributed by atoms with Crippen molar-refractivity contribution < 1.29 is 23.5 Å². The smallest absolute Gasteiger partial charge is 0.357 e. The summed E-state index contributed by atoms with van der Waals surface area (Å²) in [4.78, 5) is 39.2. The van der Waals surface area contributed by atoms with Gasteiger partial charge >= 0.3 is 12.0 Å². The van der Waals surface area contributed by atoms with E-state index in [0.717, 1.165) is 0 Å².